The largest absolute Gasteiger partial charge is 0.345 e. The van der Waals surface area contributed by atoms with Crippen LogP contribution in [-0.2, 0) is 16.0 Å². The van der Waals surface area contributed by atoms with Gasteiger partial charge in [-0.3, -0.25) is 9.59 Å². The van der Waals surface area contributed by atoms with Crippen molar-refractivity contribution in [3.63, 3.8) is 0 Å². The Morgan fingerprint density at radius 3 is 2.28 bits per heavy atom. The number of rotatable bonds is 12. The minimum atomic E-state index is -0.563. The third-order valence-corrected chi connectivity index (χ3v) is 5.04. The van der Waals surface area contributed by atoms with Crippen LogP contribution in [0.3, 0.4) is 0 Å². The molecule has 0 spiro atoms. The summed E-state index contributed by atoms with van der Waals surface area (Å²) >= 11 is 0. The van der Waals surface area contributed by atoms with Crippen molar-refractivity contribution in [3.8, 4) is 0 Å². The van der Waals surface area contributed by atoms with Gasteiger partial charge in [0.15, 0.2) is 0 Å². The summed E-state index contributed by atoms with van der Waals surface area (Å²) in [5.41, 5.74) is 3.03. The number of unbranched alkanes of at least 4 members (excludes halogenated alkanes) is 5. The van der Waals surface area contributed by atoms with E-state index in [9.17, 15) is 9.59 Å². The number of carbonyl (C=O) groups is 2. The number of para-hydroxylation sites is 1. The predicted octanol–water partition coefficient (Wildman–Crippen LogP) is 5.47. The average molecular weight is 395 g/mol. The van der Waals surface area contributed by atoms with Crippen molar-refractivity contribution in [1.29, 1.82) is 0 Å². The Balaban J connectivity index is 1.81. The van der Waals surface area contributed by atoms with Crippen LogP contribution in [0.4, 0.5) is 5.69 Å². The lowest BCUT2D eigenvalue weighted by Crippen LogP contribution is -2.41. The first-order chi connectivity index (χ1) is 14.1. The molecule has 2 aromatic carbocycles. The second-order valence-corrected chi connectivity index (χ2v) is 7.62. The van der Waals surface area contributed by atoms with Crippen molar-refractivity contribution in [2.75, 3.05) is 5.32 Å². The van der Waals surface area contributed by atoms with Crippen molar-refractivity contribution in [1.82, 2.24) is 5.32 Å². The van der Waals surface area contributed by atoms with Crippen molar-refractivity contribution < 1.29 is 9.59 Å². The topological polar surface area (TPSA) is 58.2 Å². The van der Waals surface area contributed by atoms with Gasteiger partial charge in [-0.25, -0.2) is 0 Å². The minimum absolute atomic E-state index is 0.0549. The summed E-state index contributed by atoms with van der Waals surface area (Å²) in [6, 6.07) is 17.4. The van der Waals surface area contributed by atoms with Gasteiger partial charge in [0.1, 0.15) is 6.04 Å². The van der Waals surface area contributed by atoms with Gasteiger partial charge in [0.2, 0.25) is 11.8 Å². The van der Waals surface area contributed by atoms with Gasteiger partial charge in [-0.1, -0.05) is 87.6 Å². The molecule has 0 radical (unpaired) electrons. The predicted molar refractivity (Wildman–Crippen MR) is 120 cm³/mol. The molecule has 0 saturated heterocycles. The highest BCUT2D eigenvalue weighted by Crippen LogP contribution is 2.19. The Morgan fingerprint density at radius 1 is 0.862 bits per heavy atom. The van der Waals surface area contributed by atoms with Gasteiger partial charge >= 0.3 is 0 Å². The van der Waals surface area contributed by atoms with E-state index < -0.39 is 6.04 Å². The molecule has 0 saturated carbocycles. The van der Waals surface area contributed by atoms with E-state index in [1.165, 1.54) is 31.2 Å². The third-order valence-electron chi connectivity index (χ3n) is 5.04. The molecule has 1 atom stereocenters. The smallest absolute Gasteiger partial charge is 0.246 e. The van der Waals surface area contributed by atoms with Crippen molar-refractivity contribution in [3.05, 3.63) is 65.7 Å². The Labute approximate surface area is 175 Å². The number of hydrogen-bond donors (Lipinski definition) is 2. The molecule has 0 fully saturated rings. The molecule has 0 aromatic heterocycles. The van der Waals surface area contributed by atoms with Gasteiger partial charge in [0, 0.05) is 12.1 Å². The summed E-state index contributed by atoms with van der Waals surface area (Å²) in [6.45, 7) is 3.92. The molecule has 0 aliphatic carbocycles. The third kappa shape index (κ3) is 8.51. The van der Waals surface area contributed by atoms with E-state index in [0.717, 1.165) is 30.5 Å². The molecular formula is C25H34N2O2. The van der Waals surface area contributed by atoms with Crippen LogP contribution < -0.4 is 10.6 Å². The Morgan fingerprint density at radius 2 is 1.52 bits per heavy atom. The Bertz CT molecular complexity index is 758. The van der Waals surface area contributed by atoms with Crippen LogP contribution in [0.25, 0.3) is 0 Å². The van der Waals surface area contributed by atoms with Crippen LogP contribution in [0.1, 0.15) is 69.9 Å². The second kappa shape index (κ2) is 12.8. The van der Waals surface area contributed by atoms with E-state index in [0.29, 0.717) is 6.42 Å². The summed E-state index contributed by atoms with van der Waals surface area (Å²) in [6.07, 6.45) is 8.07. The number of hydrogen-bond acceptors (Lipinski definition) is 2. The molecular weight excluding hydrogens is 360 g/mol. The normalized spacial score (nSPS) is 11.7. The molecule has 0 aliphatic rings. The lowest BCUT2D eigenvalue weighted by atomic mass is 10.0. The Kier molecular flexibility index (Phi) is 9.98. The molecule has 0 aliphatic heterocycles. The van der Waals surface area contributed by atoms with Gasteiger partial charge in [-0.15, -0.1) is 0 Å². The maximum Gasteiger partial charge on any atom is 0.246 e. The monoisotopic (exact) mass is 394 g/mol. The maximum atomic E-state index is 12.6. The summed E-state index contributed by atoms with van der Waals surface area (Å²) in [5, 5.41) is 5.79. The molecule has 4 heteroatoms. The fourth-order valence-corrected chi connectivity index (χ4v) is 3.30. The molecule has 2 rings (SSSR count). The second-order valence-electron chi connectivity index (χ2n) is 7.62. The minimum Gasteiger partial charge on any atom is -0.345 e. The zero-order valence-corrected chi connectivity index (χ0v) is 17.7. The maximum absolute atomic E-state index is 12.6. The zero-order valence-electron chi connectivity index (χ0n) is 17.7. The number of benzene rings is 2. The summed E-state index contributed by atoms with van der Waals surface area (Å²) in [7, 11) is 0. The van der Waals surface area contributed by atoms with Crippen LogP contribution in [0.5, 0.6) is 0 Å². The summed E-state index contributed by atoms with van der Waals surface area (Å²) in [5.74, 6) is -0.248. The lowest BCUT2D eigenvalue weighted by Gasteiger charge is -2.16. The quantitative estimate of drug-likeness (QED) is 0.469. The van der Waals surface area contributed by atoms with Crippen LogP contribution >= 0.6 is 0 Å². The van der Waals surface area contributed by atoms with E-state index in [1.807, 2.05) is 42.5 Å². The molecule has 4 nitrogen and oxygen atoms in total. The number of amides is 2. The first-order valence-electron chi connectivity index (χ1n) is 10.8. The van der Waals surface area contributed by atoms with Crippen LogP contribution in [0, 0.1) is 0 Å². The van der Waals surface area contributed by atoms with Gasteiger partial charge < -0.3 is 10.6 Å². The number of nitrogens with one attached hydrogen (secondary N) is 2. The van der Waals surface area contributed by atoms with Crippen LogP contribution in [0.2, 0.25) is 0 Å². The van der Waals surface area contributed by atoms with Crippen molar-refractivity contribution >= 4 is 17.5 Å². The molecule has 29 heavy (non-hydrogen) atoms. The molecule has 2 aromatic rings. The number of anilines is 1. The molecule has 2 amide bonds. The van der Waals surface area contributed by atoms with E-state index in [4.69, 9.17) is 0 Å². The van der Waals surface area contributed by atoms with Gasteiger partial charge in [0.05, 0.1) is 0 Å². The highest BCUT2D eigenvalue weighted by atomic mass is 16.2. The first-order valence-corrected chi connectivity index (χ1v) is 10.8. The van der Waals surface area contributed by atoms with Gasteiger partial charge in [0.25, 0.3) is 0 Å². The molecule has 0 bridgehead atoms. The summed E-state index contributed by atoms with van der Waals surface area (Å²) < 4.78 is 0. The van der Waals surface area contributed by atoms with Gasteiger partial charge in [-0.2, -0.15) is 0 Å². The van der Waals surface area contributed by atoms with E-state index in [2.05, 4.69) is 29.7 Å². The highest BCUT2D eigenvalue weighted by molar-refractivity contribution is 5.97. The Hall–Kier alpha value is -2.62. The summed E-state index contributed by atoms with van der Waals surface area (Å²) in [4.78, 5) is 24.7. The molecule has 2 N–H and O–H groups in total. The molecule has 156 valence electrons. The van der Waals surface area contributed by atoms with Crippen LogP contribution in [0.15, 0.2) is 54.6 Å². The van der Waals surface area contributed by atoms with Crippen molar-refractivity contribution in [2.45, 2.75) is 71.3 Å². The fraction of sp³-hybridized carbons (Fsp3) is 0.440. The zero-order chi connectivity index (χ0) is 20.9. The SMILES string of the molecule is CCCCCCCCC(=O)NC(C)C(=O)Nc1ccccc1Cc1ccccc1. The average Bonchev–Trinajstić information content (AvgIpc) is 2.72. The number of carbonyl (C=O) groups excluding carboxylic acids is 2. The van der Waals surface area contributed by atoms with E-state index in [-0.39, 0.29) is 11.8 Å². The lowest BCUT2D eigenvalue weighted by molar-refractivity contribution is -0.126. The van der Waals surface area contributed by atoms with E-state index in [1.54, 1.807) is 6.92 Å². The molecule has 0 heterocycles. The van der Waals surface area contributed by atoms with Gasteiger partial charge in [-0.05, 0) is 37.0 Å². The molecule has 1 unspecified atom stereocenters. The van der Waals surface area contributed by atoms with Crippen LogP contribution in [-0.4, -0.2) is 17.9 Å². The fourth-order valence-electron chi connectivity index (χ4n) is 3.30. The van der Waals surface area contributed by atoms with E-state index >= 15 is 0 Å². The standard InChI is InChI=1S/C25H34N2O2/c1-3-4-5-6-7-11-18-24(28)26-20(2)25(29)27-23-17-13-12-16-22(23)19-21-14-9-8-10-15-21/h8-10,12-17,20H,3-7,11,18-19H2,1-2H3,(H,26,28)(H,27,29). The first kappa shape index (κ1) is 22.7. The van der Waals surface area contributed by atoms with Crippen molar-refractivity contribution in [2.24, 2.45) is 0 Å². The highest BCUT2D eigenvalue weighted by Gasteiger charge is 2.16.